The highest BCUT2D eigenvalue weighted by Crippen LogP contribution is 2.05. The molecule has 1 aromatic heterocycles. The van der Waals surface area contributed by atoms with Gasteiger partial charge in [-0.05, 0) is 25.1 Å². The van der Waals surface area contributed by atoms with Crippen LogP contribution in [0.5, 0.6) is 0 Å². The minimum Gasteiger partial charge on any atom is -0.349 e. The van der Waals surface area contributed by atoms with Crippen LogP contribution in [0, 0.1) is 0 Å². The van der Waals surface area contributed by atoms with E-state index in [4.69, 9.17) is 11.6 Å². The molecule has 0 aliphatic heterocycles. The van der Waals surface area contributed by atoms with Crippen molar-refractivity contribution in [1.82, 2.24) is 15.6 Å². The van der Waals surface area contributed by atoms with Gasteiger partial charge in [0.2, 0.25) is 0 Å². The molecule has 4 nitrogen and oxygen atoms in total. The molecule has 0 fully saturated rings. The van der Waals surface area contributed by atoms with Gasteiger partial charge in [-0.1, -0.05) is 18.5 Å². The van der Waals surface area contributed by atoms with Gasteiger partial charge in [-0.2, -0.15) is 0 Å². The van der Waals surface area contributed by atoms with Gasteiger partial charge in [0.15, 0.2) is 0 Å². The van der Waals surface area contributed by atoms with Crippen LogP contribution in [0.1, 0.15) is 23.8 Å². The summed E-state index contributed by atoms with van der Waals surface area (Å²) in [6.45, 7) is 4.44. The molecule has 16 heavy (non-hydrogen) atoms. The van der Waals surface area contributed by atoms with Gasteiger partial charge in [0, 0.05) is 19.3 Å². The topological polar surface area (TPSA) is 54.0 Å². The van der Waals surface area contributed by atoms with Gasteiger partial charge in [-0.3, -0.25) is 4.79 Å². The molecule has 0 aliphatic carbocycles. The third-order valence-corrected chi connectivity index (χ3v) is 2.20. The standard InChI is InChI=1S/C11H16ClN3O/c1-2-5-13-6-7-14-11(16)10-4-3-9(12)8-15-10/h3-4,8,13H,2,5-7H2,1H3,(H,14,16). The lowest BCUT2D eigenvalue weighted by Crippen LogP contribution is -2.32. The molecule has 0 bridgehead atoms. The summed E-state index contributed by atoms with van der Waals surface area (Å²) < 4.78 is 0. The predicted molar refractivity (Wildman–Crippen MR) is 64.7 cm³/mol. The maximum absolute atomic E-state index is 11.5. The second-order valence-electron chi connectivity index (χ2n) is 3.37. The van der Waals surface area contributed by atoms with Gasteiger partial charge in [0.1, 0.15) is 5.69 Å². The fourth-order valence-corrected chi connectivity index (χ4v) is 1.28. The van der Waals surface area contributed by atoms with Gasteiger partial charge < -0.3 is 10.6 Å². The van der Waals surface area contributed by atoms with E-state index in [9.17, 15) is 4.79 Å². The molecule has 88 valence electrons. The summed E-state index contributed by atoms with van der Waals surface area (Å²) in [6.07, 6.45) is 2.55. The summed E-state index contributed by atoms with van der Waals surface area (Å²) >= 11 is 5.67. The lowest BCUT2D eigenvalue weighted by molar-refractivity contribution is 0.0949. The monoisotopic (exact) mass is 241 g/mol. The molecule has 0 aliphatic rings. The minimum atomic E-state index is -0.171. The molecule has 1 heterocycles. The number of carbonyl (C=O) groups is 1. The molecule has 5 heteroatoms. The summed E-state index contributed by atoms with van der Waals surface area (Å²) in [5.74, 6) is -0.171. The molecule has 1 amide bonds. The molecule has 0 saturated carbocycles. The Labute approximate surface area is 100 Å². The lowest BCUT2D eigenvalue weighted by atomic mass is 10.3. The Morgan fingerprint density at radius 2 is 2.19 bits per heavy atom. The third-order valence-electron chi connectivity index (χ3n) is 1.97. The van der Waals surface area contributed by atoms with Crippen molar-refractivity contribution in [3.8, 4) is 0 Å². The smallest absolute Gasteiger partial charge is 0.269 e. The van der Waals surface area contributed by atoms with Crippen LogP contribution in [-0.2, 0) is 0 Å². The number of nitrogens with one attached hydrogen (secondary N) is 2. The quantitative estimate of drug-likeness (QED) is 0.742. The van der Waals surface area contributed by atoms with Crippen LogP contribution < -0.4 is 10.6 Å². The van der Waals surface area contributed by atoms with E-state index in [0.717, 1.165) is 19.5 Å². The molecule has 0 radical (unpaired) electrons. The summed E-state index contributed by atoms with van der Waals surface area (Å²) in [5.41, 5.74) is 0.389. The number of aromatic nitrogens is 1. The van der Waals surface area contributed by atoms with E-state index in [2.05, 4.69) is 22.5 Å². The first kappa shape index (κ1) is 12.9. The van der Waals surface area contributed by atoms with Crippen LogP contribution in [-0.4, -0.2) is 30.5 Å². The number of halogens is 1. The normalized spacial score (nSPS) is 10.1. The maximum atomic E-state index is 11.5. The average molecular weight is 242 g/mol. The number of amides is 1. The van der Waals surface area contributed by atoms with Crippen molar-refractivity contribution < 1.29 is 4.79 Å². The Hall–Kier alpha value is -1.13. The van der Waals surface area contributed by atoms with Crippen LogP contribution in [0.3, 0.4) is 0 Å². The molecule has 1 aromatic rings. The first-order chi connectivity index (χ1) is 7.74. The SMILES string of the molecule is CCCNCCNC(=O)c1ccc(Cl)cn1. The van der Waals surface area contributed by atoms with Crippen molar-refractivity contribution in [2.45, 2.75) is 13.3 Å². The van der Waals surface area contributed by atoms with Crippen molar-refractivity contribution >= 4 is 17.5 Å². The van der Waals surface area contributed by atoms with Crippen molar-refractivity contribution in [1.29, 1.82) is 0 Å². The van der Waals surface area contributed by atoms with Crippen molar-refractivity contribution in [2.75, 3.05) is 19.6 Å². The number of hydrogen-bond acceptors (Lipinski definition) is 3. The zero-order valence-electron chi connectivity index (χ0n) is 9.29. The lowest BCUT2D eigenvalue weighted by Gasteiger charge is -2.05. The summed E-state index contributed by atoms with van der Waals surface area (Å²) in [6, 6.07) is 3.26. The molecular weight excluding hydrogens is 226 g/mol. The van der Waals surface area contributed by atoms with E-state index in [0.29, 0.717) is 17.3 Å². The molecule has 0 unspecified atom stereocenters. The van der Waals surface area contributed by atoms with Crippen LogP contribution in [0.4, 0.5) is 0 Å². The van der Waals surface area contributed by atoms with Crippen LogP contribution >= 0.6 is 11.6 Å². The number of pyridine rings is 1. The second-order valence-corrected chi connectivity index (χ2v) is 3.80. The van der Waals surface area contributed by atoms with Crippen LogP contribution in [0.25, 0.3) is 0 Å². The highest BCUT2D eigenvalue weighted by Gasteiger charge is 2.05. The number of hydrogen-bond donors (Lipinski definition) is 2. The van der Waals surface area contributed by atoms with E-state index in [1.165, 1.54) is 6.20 Å². The minimum absolute atomic E-state index is 0.171. The molecule has 0 atom stereocenters. The predicted octanol–water partition coefficient (Wildman–Crippen LogP) is 1.46. The summed E-state index contributed by atoms with van der Waals surface area (Å²) in [5, 5.41) is 6.49. The Balaban J connectivity index is 2.27. The van der Waals surface area contributed by atoms with Gasteiger partial charge in [0.05, 0.1) is 5.02 Å². The molecule has 1 rings (SSSR count). The van der Waals surface area contributed by atoms with Crippen molar-refractivity contribution in [2.24, 2.45) is 0 Å². The van der Waals surface area contributed by atoms with E-state index in [1.54, 1.807) is 12.1 Å². The van der Waals surface area contributed by atoms with Crippen molar-refractivity contribution in [3.63, 3.8) is 0 Å². The Morgan fingerprint density at radius 1 is 1.38 bits per heavy atom. The Kier molecular flexibility index (Phi) is 5.82. The zero-order valence-corrected chi connectivity index (χ0v) is 10.0. The Bertz CT molecular complexity index is 327. The average Bonchev–Trinajstić information content (AvgIpc) is 2.29. The first-order valence-electron chi connectivity index (χ1n) is 5.34. The van der Waals surface area contributed by atoms with E-state index >= 15 is 0 Å². The highest BCUT2D eigenvalue weighted by molar-refractivity contribution is 6.30. The third kappa shape index (κ3) is 4.59. The summed E-state index contributed by atoms with van der Waals surface area (Å²) in [7, 11) is 0. The molecule has 0 saturated heterocycles. The molecule has 0 aromatic carbocycles. The maximum Gasteiger partial charge on any atom is 0.269 e. The van der Waals surface area contributed by atoms with Crippen molar-refractivity contribution in [3.05, 3.63) is 29.0 Å². The number of rotatable bonds is 6. The fraction of sp³-hybridized carbons (Fsp3) is 0.455. The molecule has 0 spiro atoms. The zero-order chi connectivity index (χ0) is 11.8. The second kappa shape index (κ2) is 7.19. The molecular formula is C11H16ClN3O. The van der Waals surface area contributed by atoms with Crippen LogP contribution in [0.2, 0.25) is 5.02 Å². The highest BCUT2D eigenvalue weighted by atomic mass is 35.5. The van der Waals surface area contributed by atoms with Crippen LogP contribution in [0.15, 0.2) is 18.3 Å². The van der Waals surface area contributed by atoms with E-state index < -0.39 is 0 Å². The fourth-order valence-electron chi connectivity index (χ4n) is 1.17. The first-order valence-corrected chi connectivity index (χ1v) is 5.72. The summed E-state index contributed by atoms with van der Waals surface area (Å²) in [4.78, 5) is 15.5. The van der Waals surface area contributed by atoms with E-state index in [-0.39, 0.29) is 5.91 Å². The Morgan fingerprint density at radius 3 is 2.81 bits per heavy atom. The number of carbonyl (C=O) groups excluding carboxylic acids is 1. The van der Waals surface area contributed by atoms with Gasteiger partial charge in [-0.25, -0.2) is 4.98 Å². The van der Waals surface area contributed by atoms with Gasteiger partial charge in [0.25, 0.3) is 5.91 Å². The van der Waals surface area contributed by atoms with E-state index in [1.807, 2.05) is 0 Å². The number of nitrogens with zero attached hydrogens (tertiary/aromatic N) is 1. The molecule has 2 N–H and O–H groups in total. The van der Waals surface area contributed by atoms with Gasteiger partial charge in [-0.15, -0.1) is 0 Å². The van der Waals surface area contributed by atoms with Gasteiger partial charge >= 0.3 is 0 Å². The largest absolute Gasteiger partial charge is 0.349 e.